The molecule has 0 aromatic heterocycles. The number of ether oxygens (including phenoxy) is 2. The van der Waals surface area contributed by atoms with Crippen molar-refractivity contribution in [2.45, 2.75) is 26.3 Å². The summed E-state index contributed by atoms with van der Waals surface area (Å²) in [4.78, 5) is 0. The quantitative estimate of drug-likeness (QED) is 0.674. The van der Waals surface area contributed by atoms with Gasteiger partial charge in [0.1, 0.15) is 11.5 Å². The second kappa shape index (κ2) is 8.77. The Balaban J connectivity index is 2.36. The van der Waals surface area contributed by atoms with Crippen molar-refractivity contribution in [3.63, 3.8) is 0 Å². The van der Waals surface area contributed by atoms with Crippen LogP contribution < -0.4 is 14.8 Å². The summed E-state index contributed by atoms with van der Waals surface area (Å²) >= 11 is 0. The third kappa shape index (κ3) is 5.94. The number of rotatable bonds is 9. The van der Waals surface area contributed by atoms with Crippen LogP contribution in [-0.4, -0.2) is 32.5 Å². The molecule has 0 fully saturated rings. The molecule has 1 aromatic rings. The monoisotopic (exact) mass is 267 g/mol. The molecular formula is C15H25NO3. The Bertz CT molecular complexity index is 346. The molecule has 2 N–H and O–H groups in total. The maximum atomic E-state index is 8.94. The van der Waals surface area contributed by atoms with Crippen molar-refractivity contribution in [3.05, 3.63) is 23.8 Å². The molecule has 0 heterocycles. The molecule has 0 amide bonds. The number of hydrogen-bond acceptors (Lipinski definition) is 4. The minimum atomic E-state index is 0.271. The van der Waals surface area contributed by atoms with Crippen LogP contribution in [0.1, 0.15) is 25.3 Å². The largest absolute Gasteiger partial charge is 0.497 e. The summed E-state index contributed by atoms with van der Waals surface area (Å²) in [6.07, 6.45) is 2.12. The van der Waals surface area contributed by atoms with E-state index in [0.29, 0.717) is 5.92 Å². The highest BCUT2D eigenvalue weighted by atomic mass is 16.5. The Labute approximate surface area is 115 Å². The third-order valence-electron chi connectivity index (χ3n) is 3.10. The standard InChI is InChI=1S/C15H25NO3/c1-12(11-17)5-4-6-16-10-13-7-14(18-2)9-15(8-13)19-3/h7-9,12,16-17H,4-6,10-11H2,1-3H3. The van der Waals surface area contributed by atoms with Gasteiger partial charge in [-0.05, 0) is 43.0 Å². The average Bonchev–Trinajstić information content (AvgIpc) is 2.46. The zero-order chi connectivity index (χ0) is 14.1. The smallest absolute Gasteiger partial charge is 0.122 e. The van der Waals surface area contributed by atoms with Gasteiger partial charge in [0.05, 0.1) is 14.2 Å². The molecule has 1 unspecified atom stereocenters. The van der Waals surface area contributed by atoms with Gasteiger partial charge >= 0.3 is 0 Å². The van der Waals surface area contributed by atoms with Crippen molar-refractivity contribution >= 4 is 0 Å². The topological polar surface area (TPSA) is 50.7 Å². The van der Waals surface area contributed by atoms with E-state index in [2.05, 4.69) is 12.2 Å². The number of aliphatic hydroxyl groups excluding tert-OH is 1. The highest BCUT2D eigenvalue weighted by Gasteiger charge is 2.02. The fourth-order valence-corrected chi connectivity index (χ4v) is 1.87. The minimum absolute atomic E-state index is 0.271. The Morgan fingerprint density at radius 2 is 1.79 bits per heavy atom. The van der Waals surface area contributed by atoms with Crippen molar-refractivity contribution in [1.29, 1.82) is 0 Å². The van der Waals surface area contributed by atoms with E-state index in [-0.39, 0.29) is 6.61 Å². The van der Waals surface area contributed by atoms with Gasteiger partial charge in [-0.25, -0.2) is 0 Å². The van der Waals surface area contributed by atoms with E-state index in [4.69, 9.17) is 14.6 Å². The third-order valence-corrected chi connectivity index (χ3v) is 3.10. The second-order valence-corrected chi connectivity index (χ2v) is 4.83. The highest BCUT2D eigenvalue weighted by molar-refractivity contribution is 5.38. The van der Waals surface area contributed by atoms with Crippen LogP contribution in [-0.2, 0) is 6.54 Å². The average molecular weight is 267 g/mol. The summed E-state index contributed by atoms with van der Waals surface area (Å²) in [5.74, 6) is 2.01. The number of nitrogens with one attached hydrogen (secondary N) is 1. The molecule has 1 aromatic carbocycles. The molecule has 0 aliphatic heterocycles. The maximum Gasteiger partial charge on any atom is 0.122 e. The lowest BCUT2D eigenvalue weighted by Gasteiger charge is -2.10. The molecule has 4 nitrogen and oxygen atoms in total. The summed E-state index contributed by atoms with van der Waals surface area (Å²) in [5.41, 5.74) is 1.14. The Morgan fingerprint density at radius 3 is 2.32 bits per heavy atom. The summed E-state index contributed by atoms with van der Waals surface area (Å²) in [7, 11) is 3.31. The molecule has 108 valence electrons. The van der Waals surface area contributed by atoms with E-state index >= 15 is 0 Å². The molecule has 0 radical (unpaired) electrons. The van der Waals surface area contributed by atoms with Crippen LogP contribution in [0.25, 0.3) is 0 Å². The number of aliphatic hydroxyl groups is 1. The minimum Gasteiger partial charge on any atom is -0.497 e. The van der Waals surface area contributed by atoms with E-state index in [0.717, 1.165) is 43.0 Å². The normalized spacial score (nSPS) is 12.2. The molecule has 0 aliphatic carbocycles. The Hall–Kier alpha value is -1.26. The number of hydrogen-bond donors (Lipinski definition) is 2. The zero-order valence-corrected chi connectivity index (χ0v) is 12.1. The van der Waals surface area contributed by atoms with Crippen LogP contribution in [0.4, 0.5) is 0 Å². The summed E-state index contributed by atoms with van der Waals surface area (Å²) in [5, 5.41) is 12.3. The lowest BCUT2D eigenvalue weighted by Crippen LogP contribution is -2.16. The molecule has 0 saturated heterocycles. The van der Waals surface area contributed by atoms with E-state index < -0.39 is 0 Å². The highest BCUT2D eigenvalue weighted by Crippen LogP contribution is 2.22. The van der Waals surface area contributed by atoms with Gasteiger partial charge in [0, 0.05) is 19.2 Å². The summed E-state index contributed by atoms with van der Waals surface area (Å²) in [6, 6.07) is 5.88. The van der Waals surface area contributed by atoms with Crippen molar-refractivity contribution in [3.8, 4) is 11.5 Å². The van der Waals surface area contributed by atoms with E-state index in [9.17, 15) is 0 Å². The molecule has 4 heteroatoms. The summed E-state index contributed by atoms with van der Waals surface area (Å²) in [6.45, 7) is 4.07. The molecule has 0 spiro atoms. The molecule has 0 aliphatic rings. The summed E-state index contributed by atoms with van der Waals surface area (Å²) < 4.78 is 10.5. The fourth-order valence-electron chi connectivity index (χ4n) is 1.87. The second-order valence-electron chi connectivity index (χ2n) is 4.83. The number of benzene rings is 1. The van der Waals surface area contributed by atoms with E-state index in [1.54, 1.807) is 14.2 Å². The first kappa shape index (κ1) is 15.8. The molecule has 1 rings (SSSR count). The first-order valence-electron chi connectivity index (χ1n) is 6.73. The SMILES string of the molecule is COc1cc(CNCCCC(C)CO)cc(OC)c1. The van der Waals surface area contributed by atoms with Crippen LogP contribution >= 0.6 is 0 Å². The lowest BCUT2D eigenvalue weighted by atomic mass is 10.1. The Morgan fingerprint density at radius 1 is 1.16 bits per heavy atom. The molecule has 1 atom stereocenters. The zero-order valence-electron chi connectivity index (χ0n) is 12.1. The van der Waals surface area contributed by atoms with Crippen molar-refractivity contribution < 1.29 is 14.6 Å². The van der Waals surface area contributed by atoms with Gasteiger partial charge in [0.2, 0.25) is 0 Å². The lowest BCUT2D eigenvalue weighted by molar-refractivity contribution is 0.228. The molecular weight excluding hydrogens is 242 g/mol. The van der Waals surface area contributed by atoms with Gasteiger partial charge in [-0.1, -0.05) is 6.92 Å². The van der Waals surface area contributed by atoms with Gasteiger partial charge in [0.15, 0.2) is 0 Å². The maximum absolute atomic E-state index is 8.94. The fraction of sp³-hybridized carbons (Fsp3) is 0.600. The van der Waals surface area contributed by atoms with Crippen molar-refractivity contribution in [2.75, 3.05) is 27.4 Å². The van der Waals surface area contributed by atoms with Crippen LogP contribution in [0.2, 0.25) is 0 Å². The number of methoxy groups -OCH3 is 2. The van der Waals surface area contributed by atoms with Crippen LogP contribution in [0.15, 0.2) is 18.2 Å². The Kier molecular flexibility index (Phi) is 7.30. The molecule has 19 heavy (non-hydrogen) atoms. The van der Waals surface area contributed by atoms with Crippen LogP contribution in [0.3, 0.4) is 0 Å². The van der Waals surface area contributed by atoms with Crippen LogP contribution in [0, 0.1) is 5.92 Å². The van der Waals surface area contributed by atoms with Crippen molar-refractivity contribution in [1.82, 2.24) is 5.32 Å². The van der Waals surface area contributed by atoms with E-state index in [1.165, 1.54) is 0 Å². The van der Waals surface area contributed by atoms with Gasteiger partial charge < -0.3 is 19.9 Å². The predicted molar refractivity (Wildman–Crippen MR) is 76.7 cm³/mol. The predicted octanol–water partition coefficient (Wildman–Crippen LogP) is 2.20. The van der Waals surface area contributed by atoms with Gasteiger partial charge in [-0.2, -0.15) is 0 Å². The van der Waals surface area contributed by atoms with Crippen LogP contribution in [0.5, 0.6) is 11.5 Å². The first-order chi connectivity index (χ1) is 9.19. The van der Waals surface area contributed by atoms with Crippen molar-refractivity contribution in [2.24, 2.45) is 5.92 Å². The molecule has 0 bridgehead atoms. The van der Waals surface area contributed by atoms with Gasteiger partial charge in [-0.3, -0.25) is 0 Å². The molecule has 0 saturated carbocycles. The van der Waals surface area contributed by atoms with Gasteiger partial charge in [-0.15, -0.1) is 0 Å². The first-order valence-corrected chi connectivity index (χ1v) is 6.73. The van der Waals surface area contributed by atoms with Gasteiger partial charge in [0.25, 0.3) is 0 Å². The van der Waals surface area contributed by atoms with E-state index in [1.807, 2.05) is 18.2 Å².